The molecule has 1 aromatic rings. The molecule has 3 rings (SSSR count). The van der Waals surface area contributed by atoms with Crippen molar-refractivity contribution in [3.63, 3.8) is 0 Å². The molecule has 0 bridgehead atoms. The lowest BCUT2D eigenvalue weighted by atomic mass is 10.1. The zero-order valence-corrected chi connectivity index (χ0v) is 12.4. The van der Waals surface area contributed by atoms with Gasteiger partial charge in [0.1, 0.15) is 16.8 Å². The average molecular weight is 280 g/mol. The third kappa shape index (κ3) is 3.02. The molecular weight excluding hydrogens is 258 g/mol. The van der Waals surface area contributed by atoms with Crippen molar-refractivity contribution in [1.29, 1.82) is 0 Å². The highest BCUT2D eigenvalue weighted by Gasteiger charge is 2.28. The van der Waals surface area contributed by atoms with Crippen LogP contribution in [0.1, 0.15) is 62.3 Å². The number of aromatic nitrogens is 2. The number of halogens is 1. The molecule has 2 aliphatic rings. The predicted molar refractivity (Wildman–Crippen MR) is 79.1 cm³/mol. The molecule has 1 saturated heterocycles. The lowest BCUT2D eigenvalue weighted by Crippen LogP contribution is -2.29. The van der Waals surface area contributed by atoms with Crippen molar-refractivity contribution < 1.29 is 0 Å². The second-order valence-corrected chi connectivity index (χ2v) is 6.21. The molecule has 1 saturated carbocycles. The Kier molecular flexibility index (Phi) is 3.92. The first-order valence-corrected chi connectivity index (χ1v) is 7.92. The fraction of sp³-hybridized carbons (Fsp3) is 0.733. The van der Waals surface area contributed by atoms with Gasteiger partial charge in [0, 0.05) is 24.6 Å². The summed E-state index contributed by atoms with van der Waals surface area (Å²) in [6.45, 7) is 4.27. The summed E-state index contributed by atoms with van der Waals surface area (Å²) in [6.07, 6.45) is 9.02. The van der Waals surface area contributed by atoms with Crippen molar-refractivity contribution >= 4 is 17.4 Å². The smallest absolute Gasteiger partial charge is 0.137 e. The minimum Gasteiger partial charge on any atom is -0.356 e. The van der Waals surface area contributed by atoms with Crippen molar-refractivity contribution in [2.45, 2.75) is 57.8 Å². The summed E-state index contributed by atoms with van der Waals surface area (Å²) in [4.78, 5) is 11.7. The summed E-state index contributed by atoms with van der Waals surface area (Å²) in [7, 11) is 0. The average Bonchev–Trinajstić information content (AvgIpc) is 3.17. The lowest BCUT2D eigenvalue weighted by Gasteiger charge is -2.27. The lowest BCUT2D eigenvalue weighted by molar-refractivity contribution is 0.552. The number of rotatable bonds is 2. The van der Waals surface area contributed by atoms with E-state index in [-0.39, 0.29) is 0 Å². The van der Waals surface area contributed by atoms with Gasteiger partial charge in [-0.1, -0.05) is 30.9 Å². The van der Waals surface area contributed by atoms with Crippen LogP contribution in [0.2, 0.25) is 5.15 Å². The summed E-state index contributed by atoms with van der Waals surface area (Å²) in [5.74, 6) is 2.61. The van der Waals surface area contributed by atoms with Crippen LogP contribution in [-0.4, -0.2) is 23.1 Å². The van der Waals surface area contributed by atoms with E-state index in [0.29, 0.717) is 11.1 Å². The zero-order valence-electron chi connectivity index (χ0n) is 11.7. The van der Waals surface area contributed by atoms with Gasteiger partial charge in [0.25, 0.3) is 0 Å². The highest BCUT2D eigenvalue weighted by Crippen LogP contribution is 2.40. The van der Waals surface area contributed by atoms with E-state index in [0.717, 1.165) is 30.3 Å². The van der Waals surface area contributed by atoms with Gasteiger partial charge in [-0.05, 0) is 32.6 Å². The van der Waals surface area contributed by atoms with Crippen molar-refractivity contribution in [2.24, 2.45) is 0 Å². The van der Waals surface area contributed by atoms with Crippen molar-refractivity contribution in [1.82, 2.24) is 9.97 Å². The first kappa shape index (κ1) is 13.2. The second-order valence-electron chi connectivity index (χ2n) is 5.85. The van der Waals surface area contributed by atoms with Crippen LogP contribution in [0.5, 0.6) is 0 Å². The highest BCUT2D eigenvalue weighted by atomic mass is 35.5. The van der Waals surface area contributed by atoms with Crippen LogP contribution in [0.3, 0.4) is 0 Å². The Morgan fingerprint density at radius 2 is 1.63 bits per heavy atom. The Morgan fingerprint density at radius 3 is 2.26 bits per heavy atom. The molecule has 2 heterocycles. The molecule has 0 atom stereocenters. The molecule has 104 valence electrons. The first-order valence-electron chi connectivity index (χ1n) is 7.54. The molecule has 4 heteroatoms. The molecule has 1 aliphatic carbocycles. The van der Waals surface area contributed by atoms with Gasteiger partial charge in [0.2, 0.25) is 0 Å². The fourth-order valence-corrected chi connectivity index (χ4v) is 2.96. The topological polar surface area (TPSA) is 29.0 Å². The largest absolute Gasteiger partial charge is 0.356 e. The van der Waals surface area contributed by atoms with Crippen LogP contribution in [-0.2, 0) is 0 Å². The van der Waals surface area contributed by atoms with E-state index in [2.05, 4.69) is 9.88 Å². The molecule has 0 amide bonds. The van der Waals surface area contributed by atoms with E-state index in [1.165, 1.54) is 44.9 Å². The van der Waals surface area contributed by atoms with Gasteiger partial charge >= 0.3 is 0 Å². The highest BCUT2D eigenvalue weighted by molar-refractivity contribution is 6.30. The molecule has 0 spiro atoms. The Hall–Kier alpha value is -0.830. The van der Waals surface area contributed by atoms with Gasteiger partial charge in [-0.2, -0.15) is 0 Å². The predicted octanol–water partition coefficient (Wildman–Crippen LogP) is 4.09. The van der Waals surface area contributed by atoms with Crippen LogP contribution in [0.25, 0.3) is 0 Å². The van der Waals surface area contributed by atoms with E-state index < -0.39 is 0 Å². The molecule has 0 radical (unpaired) electrons. The van der Waals surface area contributed by atoms with Gasteiger partial charge in [0.05, 0.1) is 0 Å². The minimum absolute atomic E-state index is 0.562. The summed E-state index contributed by atoms with van der Waals surface area (Å²) in [5.41, 5.74) is 1.05. The molecule has 19 heavy (non-hydrogen) atoms. The van der Waals surface area contributed by atoms with Crippen molar-refractivity contribution in [3.05, 3.63) is 16.5 Å². The monoisotopic (exact) mass is 279 g/mol. The Balaban J connectivity index is 1.88. The Labute approximate surface area is 120 Å². The maximum absolute atomic E-state index is 6.31. The van der Waals surface area contributed by atoms with Crippen molar-refractivity contribution in [2.75, 3.05) is 18.0 Å². The number of nitrogens with zero attached hydrogens (tertiary/aromatic N) is 3. The summed E-state index contributed by atoms with van der Waals surface area (Å²) in [6, 6.07) is 0. The maximum atomic E-state index is 6.31. The van der Waals surface area contributed by atoms with Gasteiger partial charge in [0.15, 0.2) is 0 Å². The maximum Gasteiger partial charge on any atom is 0.137 e. The van der Waals surface area contributed by atoms with E-state index in [1.807, 2.05) is 6.92 Å². The number of anilines is 1. The molecular formula is C15H22ClN3. The molecule has 0 unspecified atom stereocenters. The van der Waals surface area contributed by atoms with Gasteiger partial charge < -0.3 is 4.90 Å². The molecule has 3 nitrogen and oxygen atoms in total. The second kappa shape index (κ2) is 5.66. The standard InChI is InChI=1S/C15H22ClN3/c1-11-13(16)17-14(12-7-8-12)18-15(11)19-9-5-3-2-4-6-10-19/h12H,2-10H2,1H3. The van der Waals surface area contributed by atoms with Crippen LogP contribution in [0.15, 0.2) is 0 Å². The molecule has 0 aromatic carbocycles. The molecule has 1 aromatic heterocycles. The van der Waals surface area contributed by atoms with E-state index in [9.17, 15) is 0 Å². The van der Waals surface area contributed by atoms with Crippen LogP contribution >= 0.6 is 11.6 Å². The van der Waals surface area contributed by atoms with Crippen LogP contribution in [0, 0.1) is 6.92 Å². The third-order valence-electron chi connectivity index (χ3n) is 4.18. The van der Waals surface area contributed by atoms with Gasteiger partial charge in [-0.25, -0.2) is 9.97 Å². The summed E-state index contributed by atoms with van der Waals surface area (Å²) >= 11 is 6.31. The zero-order chi connectivity index (χ0) is 13.2. The first-order chi connectivity index (χ1) is 9.25. The Bertz CT molecular complexity index is 449. The van der Waals surface area contributed by atoms with Crippen LogP contribution < -0.4 is 4.90 Å². The van der Waals surface area contributed by atoms with Crippen LogP contribution in [0.4, 0.5) is 5.82 Å². The van der Waals surface area contributed by atoms with Gasteiger partial charge in [-0.15, -0.1) is 0 Å². The number of hydrogen-bond acceptors (Lipinski definition) is 3. The summed E-state index contributed by atoms with van der Waals surface area (Å²) in [5, 5.41) is 0.647. The van der Waals surface area contributed by atoms with E-state index in [1.54, 1.807) is 0 Å². The molecule has 0 N–H and O–H groups in total. The molecule has 2 fully saturated rings. The van der Waals surface area contributed by atoms with Gasteiger partial charge in [-0.3, -0.25) is 0 Å². The quantitative estimate of drug-likeness (QED) is 0.764. The number of hydrogen-bond donors (Lipinski definition) is 0. The Morgan fingerprint density at radius 1 is 1.00 bits per heavy atom. The van der Waals surface area contributed by atoms with E-state index in [4.69, 9.17) is 16.6 Å². The fourth-order valence-electron chi connectivity index (χ4n) is 2.79. The minimum atomic E-state index is 0.562. The summed E-state index contributed by atoms with van der Waals surface area (Å²) < 4.78 is 0. The third-order valence-corrected chi connectivity index (χ3v) is 4.54. The molecule has 1 aliphatic heterocycles. The normalized spacial score (nSPS) is 21.1. The van der Waals surface area contributed by atoms with E-state index >= 15 is 0 Å². The SMILES string of the molecule is Cc1c(Cl)nc(C2CC2)nc1N1CCCCCCC1. The van der Waals surface area contributed by atoms with Crippen molar-refractivity contribution in [3.8, 4) is 0 Å².